The first-order valence-electron chi connectivity index (χ1n) is 7.61. The van der Waals surface area contributed by atoms with Gasteiger partial charge in [0.2, 0.25) is 12.5 Å². The molecule has 1 aliphatic heterocycles. The number of amides is 1. The van der Waals surface area contributed by atoms with Gasteiger partial charge in [-0.1, -0.05) is 12.8 Å². The number of hydrogen-bond acceptors (Lipinski definition) is 5. The topological polar surface area (TPSA) is 80.6 Å². The number of nitrogens with zero attached hydrogens (tertiary/aromatic N) is 1. The van der Waals surface area contributed by atoms with Gasteiger partial charge in [0.05, 0.1) is 7.11 Å². The average Bonchev–Trinajstić information content (AvgIpc) is 3.22. The summed E-state index contributed by atoms with van der Waals surface area (Å²) < 4.78 is 15.9. The molecule has 1 amide bonds. The summed E-state index contributed by atoms with van der Waals surface area (Å²) in [6.45, 7) is 0.131. The van der Waals surface area contributed by atoms with Gasteiger partial charge in [-0.05, 0) is 36.6 Å². The van der Waals surface area contributed by atoms with Crippen molar-refractivity contribution in [2.75, 3.05) is 13.9 Å². The monoisotopic (exact) mass is 314 g/mol. The summed E-state index contributed by atoms with van der Waals surface area (Å²) in [5, 5.41) is 12.2. The molecule has 1 saturated carbocycles. The molecular formula is C17H18N2O4. The molecule has 3 rings (SSSR count). The Morgan fingerprint density at radius 1 is 1.39 bits per heavy atom. The van der Waals surface area contributed by atoms with Crippen molar-refractivity contribution in [1.29, 1.82) is 5.26 Å². The van der Waals surface area contributed by atoms with Crippen molar-refractivity contribution >= 4 is 12.0 Å². The van der Waals surface area contributed by atoms with Crippen LogP contribution in [0.4, 0.5) is 0 Å². The van der Waals surface area contributed by atoms with Crippen molar-refractivity contribution in [3.63, 3.8) is 0 Å². The second-order valence-corrected chi connectivity index (χ2v) is 5.58. The number of carbonyl (C=O) groups excluding carboxylic acids is 1. The van der Waals surface area contributed by atoms with Crippen LogP contribution in [0.3, 0.4) is 0 Å². The highest BCUT2D eigenvalue weighted by Gasteiger charge is 2.22. The lowest BCUT2D eigenvalue weighted by atomic mass is 10.1. The lowest BCUT2D eigenvalue weighted by Gasteiger charge is -2.11. The molecule has 23 heavy (non-hydrogen) atoms. The van der Waals surface area contributed by atoms with Crippen molar-refractivity contribution in [3.05, 3.63) is 23.3 Å². The van der Waals surface area contributed by atoms with E-state index in [-0.39, 0.29) is 24.3 Å². The highest BCUT2D eigenvalue weighted by atomic mass is 16.7. The number of hydrogen-bond donors (Lipinski definition) is 1. The second kappa shape index (κ2) is 6.61. The minimum atomic E-state index is -0.337. The fraction of sp³-hybridized carbons (Fsp3) is 0.412. The molecule has 1 aromatic rings. The van der Waals surface area contributed by atoms with Crippen LogP contribution in [0.2, 0.25) is 0 Å². The van der Waals surface area contributed by atoms with Gasteiger partial charge in [0.25, 0.3) is 5.91 Å². The zero-order chi connectivity index (χ0) is 16.2. The number of nitriles is 1. The Morgan fingerprint density at radius 3 is 2.87 bits per heavy atom. The average molecular weight is 314 g/mol. The number of fused-ring (bicyclic) bond motifs is 1. The number of ether oxygens (including phenoxy) is 3. The van der Waals surface area contributed by atoms with E-state index in [2.05, 4.69) is 5.32 Å². The third kappa shape index (κ3) is 3.24. The van der Waals surface area contributed by atoms with E-state index in [4.69, 9.17) is 14.2 Å². The first-order valence-corrected chi connectivity index (χ1v) is 7.61. The van der Waals surface area contributed by atoms with E-state index in [1.165, 1.54) is 13.2 Å². The van der Waals surface area contributed by atoms with Crippen LogP contribution in [0.25, 0.3) is 6.08 Å². The van der Waals surface area contributed by atoms with Gasteiger partial charge in [-0.3, -0.25) is 4.79 Å². The number of nitrogens with one attached hydrogen (secondary N) is 1. The lowest BCUT2D eigenvalue weighted by Crippen LogP contribution is -2.33. The number of methoxy groups -OCH3 is 1. The van der Waals surface area contributed by atoms with Gasteiger partial charge < -0.3 is 19.5 Å². The molecule has 1 aliphatic carbocycles. The minimum absolute atomic E-state index is 0.0674. The Bertz CT molecular complexity index is 685. The molecular weight excluding hydrogens is 296 g/mol. The highest BCUT2D eigenvalue weighted by molar-refractivity contribution is 6.02. The Kier molecular flexibility index (Phi) is 4.38. The number of rotatable bonds is 4. The molecule has 0 spiro atoms. The van der Waals surface area contributed by atoms with Crippen LogP contribution in [0.5, 0.6) is 17.2 Å². The molecule has 6 heteroatoms. The van der Waals surface area contributed by atoms with E-state index in [0.717, 1.165) is 25.7 Å². The van der Waals surface area contributed by atoms with Crippen molar-refractivity contribution in [2.45, 2.75) is 31.7 Å². The summed E-state index contributed by atoms with van der Waals surface area (Å²) in [6, 6.07) is 5.58. The van der Waals surface area contributed by atoms with E-state index >= 15 is 0 Å². The Labute approximate surface area is 134 Å². The fourth-order valence-electron chi connectivity index (χ4n) is 2.88. The van der Waals surface area contributed by atoms with Crippen LogP contribution in [-0.2, 0) is 4.79 Å². The maximum Gasteiger partial charge on any atom is 0.262 e. The third-order valence-corrected chi connectivity index (χ3v) is 4.05. The standard InChI is InChI=1S/C17H18N2O4/c1-21-14-7-11(8-15-16(14)23-10-22-15)6-12(9-18)17(20)19-13-4-2-3-5-13/h6-8,13H,2-5,10H2,1H3,(H,19,20)/b12-6-. The van der Waals surface area contributed by atoms with E-state index in [9.17, 15) is 10.1 Å². The molecule has 0 bridgehead atoms. The summed E-state index contributed by atoms with van der Waals surface area (Å²) in [5.41, 5.74) is 0.724. The second-order valence-electron chi connectivity index (χ2n) is 5.58. The lowest BCUT2D eigenvalue weighted by molar-refractivity contribution is -0.117. The largest absolute Gasteiger partial charge is 0.493 e. The van der Waals surface area contributed by atoms with Gasteiger partial charge in [0.1, 0.15) is 11.6 Å². The predicted octanol–water partition coefficient (Wildman–Crippen LogP) is 2.39. The van der Waals surface area contributed by atoms with Crippen molar-refractivity contribution < 1.29 is 19.0 Å². The maximum absolute atomic E-state index is 12.2. The Morgan fingerprint density at radius 2 is 2.17 bits per heavy atom. The van der Waals surface area contributed by atoms with E-state index in [0.29, 0.717) is 22.8 Å². The molecule has 1 aromatic carbocycles. The van der Waals surface area contributed by atoms with E-state index in [1.54, 1.807) is 12.1 Å². The first kappa shape index (κ1) is 15.2. The Hall–Kier alpha value is -2.68. The van der Waals surface area contributed by atoms with Crippen LogP contribution in [-0.4, -0.2) is 25.9 Å². The van der Waals surface area contributed by atoms with Gasteiger partial charge >= 0.3 is 0 Å². The first-order chi connectivity index (χ1) is 11.2. The summed E-state index contributed by atoms with van der Waals surface area (Å²) in [5.74, 6) is 1.26. The SMILES string of the molecule is COc1cc(/C=C(/C#N)C(=O)NC2CCCC2)cc2c1OCO2. The van der Waals surface area contributed by atoms with Crippen molar-refractivity contribution in [1.82, 2.24) is 5.32 Å². The quantitative estimate of drug-likeness (QED) is 0.682. The van der Waals surface area contributed by atoms with Gasteiger partial charge in [0, 0.05) is 6.04 Å². The molecule has 6 nitrogen and oxygen atoms in total. The van der Waals surface area contributed by atoms with E-state index in [1.807, 2.05) is 6.07 Å². The molecule has 2 aliphatic rings. The molecule has 120 valence electrons. The molecule has 1 heterocycles. The molecule has 0 unspecified atom stereocenters. The van der Waals surface area contributed by atoms with Gasteiger partial charge in [-0.25, -0.2) is 0 Å². The molecule has 0 radical (unpaired) electrons. The summed E-state index contributed by atoms with van der Waals surface area (Å²) in [6.07, 6.45) is 5.73. The van der Waals surface area contributed by atoms with Gasteiger partial charge in [-0.2, -0.15) is 5.26 Å². The predicted molar refractivity (Wildman–Crippen MR) is 83.1 cm³/mol. The molecule has 0 aromatic heterocycles. The third-order valence-electron chi connectivity index (χ3n) is 4.05. The molecule has 0 atom stereocenters. The molecule has 1 fully saturated rings. The van der Waals surface area contributed by atoms with Crippen LogP contribution >= 0.6 is 0 Å². The highest BCUT2D eigenvalue weighted by Crippen LogP contribution is 2.42. The zero-order valence-corrected chi connectivity index (χ0v) is 12.9. The minimum Gasteiger partial charge on any atom is -0.493 e. The molecule has 1 N–H and O–H groups in total. The summed E-state index contributed by atoms with van der Waals surface area (Å²) in [4.78, 5) is 12.2. The van der Waals surface area contributed by atoms with Crippen LogP contribution < -0.4 is 19.5 Å². The maximum atomic E-state index is 12.2. The van der Waals surface area contributed by atoms with E-state index < -0.39 is 0 Å². The number of benzene rings is 1. The van der Waals surface area contributed by atoms with Gasteiger partial charge in [0.15, 0.2) is 11.5 Å². The summed E-state index contributed by atoms with van der Waals surface area (Å²) >= 11 is 0. The summed E-state index contributed by atoms with van der Waals surface area (Å²) in [7, 11) is 1.53. The van der Waals surface area contributed by atoms with Crippen molar-refractivity contribution in [2.24, 2.45) is 0 Å². The van der Waals surface area contributed by atoms with Crippen LogP contribution in [0.1, 0.15) is 31.2 Å². The Balaban J connectivity index is 1.83. The van der Waals surface area contributed by atoms with Crippen LogP contribution in [0.15, 0.2) is 17.7 Å². The zero-order valence-electron chi connectivity index (χ0n) is 12.9. The fourth-order valence-corrected chi connectivity index (χ4v) is 2.88. The van der Waals surface area contributed by atoms with Gasteiger partial charge in [-0.15, -0.1) is 0 Å². The normalized spacial score (nSPS) is 17.0. The van der Waals surface area contributed by atoms with Crippen molar-refractivity contribution in [3.8, 4) is 23.3 Å². The molecule has 0 saturated heterocycles. The van der Waals surface area contributed by atoms with Crippen LogP contribution in [0, 0.1) is 11.3 Å². The smallest absolute Gasteiger partial charge is 0.262 e. The number of carbonyl (C=O) groups is 1.